The van der Waals surface area contributed by atoms with Crippen LogP contribution in [0.15, 0.2) is 78.4 Å². The van der Waals surface area contributed by atoms with Crippen molar-refractivity contribution >= 4 is 21.7 Å². The predicted molar refractivity (Wildman–Crippen MR) is 181 cm³/mol. The van der Waals surface area contributed by atoms with Gasteiger partial charge in [0, 0.05) is 10.8 Å². The molecule has 3 aromatic carbocycles. The summed E-state index contributed by atoms with van der Waals surface area (Å²) in [4.78, 5) is 5.17. The number of allylic oxidation sites excluding steroid dienone is 3. The smallest absolute Gasteiger partial charge is 0.672 e. The fourth-order valence-corrected chi connectivity index (χ4v) is 6.30. The van der Waals surface area contributed by atoms with Crippen LogP contribution in [0.1, 0.15) is 84.9 Å². The molecule has 2 aliphatic rings. The standard InChI is InChI=1S/C26H24N.C13H22N2.Ir/c1-16(2)14-18-10-7-13-23-20(18)15-22-25(27-23)19-11-5-8-17-9-6-12-21(24(17)19)26(22,3)4;1-10(2)14-13(15-11(3)4)12-8-6-5-7-9-12;/h5-10,12-13,15-16H,14H2,1-4H3;5-6,8,10-11,13H,7,9H2,1-4H3;/q-1;-2;+3. The number of pyridine rings is 1. The van der Waals surface area contributed by atoms with Crippen LogP contribution >= 0.6 is 0 Å². The molecule has 0 atom stereocenters. The number of benzene rings is 3. The Morgan fingerprint density at radius 1 is 0.907 bits per heavy atom. The number of hydrogen-bond donors (Lipinski definition) is 0. The first-order valence-electron chi connectivity index (χ1n) is 15.7. The van der Waals surface area contributed by atoms with Crippen LogP contribution < -0.4 is 0 Å². The quantitative estimate of drug-likeness (QED) is 0.174. The Morgan fingerprint density at radius 2 is 1.63 bits per heavy atom. The van der Waals surface area contributed by atoms with E-state index in [9.17, 15) is 0 Å². The third-order valence-corrected chi connectivity index (χ3v) is 8.25. The van der Waals surface area contributed by atoms with Crippen molar-refractivity contribution < 1.29 is 20.1 Å². The monoisotopic (exact) mass is 749 g/mol. The first-order chi connectivity index (χ1) is 20.1. The number of nitrogens with zero attached hydrogens (tertiary/aromatic N) is 3. The molecule has 226 valence electrons. The van der Waals surface area contributed by atoms with Crippen molar-refractivity contribution in [2.24, 2.45) is 5.92 Å². The Hall–Kier alpha value is -2.62. The topological polar surface area (TPSA) is 41.1 Å². The number of hydrogen-bond acceptors (Lipinski definition) is 1. The Labute approximate surface area is 273 Å². The van der Waals surface area contributed by atoms with E-state index in [1.165, 1.54) is 38.4 Å². The van der Waals surface area contributed by atoms with E-state index < -0.39 is 0 Å². The summed E-state index contributed by atoms with van der Waals surface area (Å²) in [5.74, 6) is 0.627. The van der Waals surface area contributed by atoms with Crippen LogP contribution in [-0.4, -0.2) is 23.2 Å². The van der Waals surface area contributed by atoms with Gasteiger partial charge in [0.1, 0.15) is 0 Å². The van der Waals surface area contributed by atoms with Crippen LogP contribution in [0.3, 0.4) is 0 Å². The molecule has 0 radical (unpaired) electrons. The Bertz CT molecular complexity index is 1610. The van der Waals surface area contributed by atoms with E-state index >= 15 is 0 Å². The fraction of sp³-hybridized carbons (Fsp3) is 0.410. The third-order valence-electron chi connectivity index (χ3n) is 8.25. The van der Waals surface area contributed by atoms with E-state index in [1.807, 2.05) is 6.07 Å². The fourth-order valence-electron chi connectivity index (χ4n) is 6.30. The van der Waals surface area contributed by atoms with E-state index in [-0.39, 0.29) is 31.7 Å². The van der Waals surface area contributed by atoms with Gasteiger partial charge in [-0.15, -0.1) is 46.8 Å². The average molecular weight is 749 g/mol. The molecule has 0 saturated heterocycles. The van der Waals surface area contributed by atoms with Crippen molar-refractivity contribution in [3.8, 4) is 11.3 Å². The molecule has 43 heavy (non-hydrogen) atoms. The van der Waals surface area contributed by atoms with Gasteiger partial charge < -0.3 is 10.6 Å². The van der Waals surface area contributed by atoms with Gasteiger partial charge in [0.15, 0.2) is 0 Å². The molecule has 0 aliphatic heterocycles. The number of fused-ring (bicyclic) bond motifs is 3. The largest absolute Gasteiger partial charge is 3.00 e. The summed E-state index contributed by atoms with van der Waals surface area (Å²) in [7, 11) is 0. The zero-order chi connectivity index (χ0) is 30.0. The first-order valence-corrected chi connectivity index (χ1v) is 15.7. The maximum absolute atomic E-state index is 5.17. The second-order valence-corrected chi connectivity index (χ2v) is 13.3. The van der Waals surface area contributed by atoms with Gasteiger partial charge in [0.2, 0.25) is 0 Å². The van der Waals surface area contributed by atoms with Crippen molar-refractivity contribution in [2.75, 3.05) is 0 Å². The summed E-state index contributed by atoms with van der Waals surface area (Å²) in [6.45, 7) is 17.7. The van der Waals surface area contributed by atoms with Gasteiger partial charge in [-0.2, -0.15) is 0 Å². The summed E-state index contributed by atoms with van der Waals surface area (Å²) in [5, 5.41) is 13.2. The predicted octanol–water partition coefficient (Wildman–Crippen LogP) is 10.8. The maximum atomic E-state index is 5.17. The molecule has 0 fully saturated rings. The second kappa shape index (κ2) is 14.0. The van der Waals surface area contributed by atoms with E-state index in [1.54, 1.807) is 0 Å². The van der Waals surface area contributed by atoms with Crippen LogP contribution in [0, 0.1) is 12.0 Å². The molecule has 3 nitrogen and oxygen atoms in total. The molecule has 2 aliphatic carbocycles. The van der Waals surface area contributed by atoms with Crippen LogP contribution in [0.4, 0.5) is 0 Å². The van der Waals surface area contributed by atoms with Crippen LogP contribution in [0.5, 0.6) is 0 Å². The SMILES string of the molecule is CC(C)Cc1cccc2nc3c(cc12)C(C)(C)c1cccc2cc[c-]c-3c12.CC(C)[N-]C([N-]C(C)C)C1=CC=CCC1.[Ir+3]. The third kappa shape index (κ3) is 7.21. The zero-order valence-electron chi connectivity index (χ0n) is 27.0. The van der Waals surface area contributed by atoms with Crippen molar-refractivity contribution in [3.05, 3.63) is 112 Å². The molecule has 6 rings (SSSR count). The summed E-state index contributed by atoms with van der Waals surface area (Å²) in [5.41, 5.74) is 8.70. The van der Waals surface area contributed by atoms with Crippen LogP contribution in [0.25, 0.3) is 43.6 Å². The number of rotatable bonds is 7. The molecule has 0 amide bonds. The van der Waals surface area contributed by atoms with Gasteiger partial charge in [0.05, 0.1) is 5.52 Å². The minimum absolute atomic E-state index is 0. The molecular weight excluding hydrogens is 703 g/mol. The molecule has 0 bridgehead atoms. The molecule has 0 unspecified atom stereocenters. The van der Waals surface area contributed by atoms with E-state index in [2.05, 4.69) is 139 Å². The minimum atomic E-state index is -0.0802. The summed E-state index contributed by atoms with van der Waals surface area (Å²) in [6, 6.07) is 24.0. The maximum Gasteiger partial charge on any atom is 3.00 e. The van der Waals surface area contributed by atoms with Gasteiger partial charge in [-0.1, -0.05) is 127 Å². The normalized spacial score (nSPS) is 15.0. The summed E-state index contributed by atoms with van der Waals surface area (Å²) in [6.07, 6.45) is 9.89. The average Bonchev–Trinajstić information content (AvgIpc) is 2.95. The molecule has 1 heterocycles. The Kier molecular flexibility index (Phi) is 10.8. The van der Waals surface area contributed by atoms with E-state index in [4.69, 9.17) is 4.98 Å². The summed E-state index contributed by atoms with van der Waals surface area (Å²) >= 11 is 0. The van der Waals surface area contributed by atoms with Crippen molar-refractivity contribution in [2.45, 2.75) is 98.3 Å². The van der Waals surface area contributed by atoms with Crippen molar-refractivity contribution in [1.82, 2.24) is 4.98 Å². The van der Waals surface area contributed by atoms with Gasteiger partial charge in [-0.25, -0.2) is 6.17 Å². The van der Waals surface area contributed by atoms with E-state index in [0.717, 1.165) is 36.0 Å². The van der Waals surface area contributed by atoms with Gasteiger partial charge in [-0.05, 0) is 42.5 Å². The van der Waals surface area contributed by atoms with Crippen molar-refractivity contribution in [1.29, 1.82) is 0 Å². The second-order valence-electron chi connectivity index (χ2n) is 13.3. The zero-order valence-corrected chi connectivity index (χ0v) is 29.4. The molecule has 0 N–H and O–H groups in total. The molecular formula is C39H46IrN3. The Balaban J connectivity index is 0.000000228. The molecule has 0 saturated carbocycles. The van der Waals surface area contributed by atoms with Gasteiger partial charge >= 0.3 is 20.1 Å². The van der Waals surface area contributed by atoms with Gasteiger partial charge in [0.25, 0.3) is 0 Å². The number of aromatic nitrogens is 1. The molecule has 0 spiro atoms. The first kappa shape index (κ1) is 33.3. The molecule has 1 aromatic heterocycles. The summed E-state index contributed by atoms with van der Waals surface area (Å²) < 4.78 is 0. The van der Waals surface area contributed by atoms with Crippen LogP contribution in [0.2, 0.25) is 0 Å². The van der Waals surface area contributed by atoms with Crippen LogP contribution in [-0.2, 0) is 31.9 Å². The molecule has 4 heteroatoms. The Morgan fingerprint density at radius 3 is 2.28 bits per heavy atom. The van der Waals surface area contributed by atoms with Crippen molar-refractivity contribution in [3.63, 3.8) is 0 Å². The molecule has 4 aromatic rings. The minimum Gasteiger partial charge on any atom is -0.672 e. The van der Waals surface area contributed by atoms with Gasteiger partial charge in [-0.3, -0.25) is 4.98 Å². The van der Waals surface area contributed by atoms with E-state index in [0.29, 0.717) is 18.0 Å².